The minimum atomic E-state index is -0.169. The first-order chi connectivity index (χ1) is 12.5. The van der Waals surface area contributed by atoms with Gasteiger partial charge in [0.1, 0.15) is 5.75 Å². The molecule has 0 saturated carbocycles. The summed E-state index contributed by atoms with van der Waals surface area (Å²) >= 11 is 7.97. The maximum absolute atomic E-state index is 12.7. The first-order valence-electron chi connectivity index (χ1n) is 8.22. The first-order valence-corrected chi connectivity index (χ1v) is 9.48. The summed E-state index contributed by atoms with van der Waals surface area (Å²) < 4.78 is 5.23. The topological polar surface area (TPSA) is 51.2 Å². The Labute approximate surface area is 161 Å². The standard InChI is InChI=1S/C20H19ClN2O2S/c1-4-13-9-15(25-3)6-8-16(13)20(24)23-14-5-7-17(18(21)10-14)19-11-26-12(2)22-19/h5-11H,4H2,1-3H3,(H,23,24). The minimum absolute atomic E-state index is 0.169. The lowest BCUT2D eigenvalue weighted by Gasteiger charge is -2.11. The minimum Gasteiger partial charge on any atom is -0.497 e. The van der Waals surface area contributed by atoms with Crippen molar-refractivity contribution < 1.29 is 9.53 Å². The molecular formula is C20H19ClN2O2S. The third-order valence-electron chi connectivity index (χ3n) is 4.06. The van der Waals surface area contributed by atoms with Crippen LogP contribution in [0.1, 0.15) is 27.9 Å². The van der Waals surface area contributed by atoms with Crippen LogP contribution in [-0.2, 0) is 6.42 Å². The van der Waals surface area contributed by atoms with Crippen molar-refractivity contribution in [2.45, 2.75) is 20.3 Å². The Bertz CT molecular complexity index is 953. The number of amides is 1. The molecule has 0 spiro atoms. The molecule has 1 aromatic heterocycles. The van der Waals surface area contributed by atoms with Crippen LogP contribution < -0.4 is 10.1 Å². The molecule has 134 valence electrons. The first kappa shape index (κ1) is 18.4. The fraction of sp³-hybridized carbons (Fsp3) is 0.200. The quantitative estimate of drug-likeness (QED) is 0.621. The van der Waals surface area contributed by atoms with Crippen molar-refractivity contribution in [3.63, 3.8) is 0 Å². The van der Waals surface area contributed by atoms with E-state index in [4.69, 9.17) is 16.3 Å². The Kier molecular flexibility index (Phi) is 5.59. The summed E-state index contributed by atoms with van der Waals surface area (Å²) in [6.45, 7) is 3.96. The van der Waals surface area contributed by atoms with E-state index >= 15 is 0 Å². The van der Waals surface area contributed by atoms with Crippen molar-refractivity contribution in [3.8, 4) is 17.0 Å². The molecule has 1 N–H and O–H groups in total. The van der Waals surface area contributed by atoms with Crippen molar-refractivity contribution in [1.82, 2.24) is 4.98 Å². The maximum Gasteiger partial charge on any atom is 0.255 e. The molecule has 1 heterocycles. The van der Waals surface area contributed by atoms with Crippen LogP contribution in [0.25, 0.3) is 11.3 Å². The van der Waals surface area contributed by atoms with Crippen molar-refractivity contribution in [1.29, 1.82) is 0 Å². The number of halogens is 1. The molecule has 0 saturated heterocycles. The van der Waals surface area contributed by atoms with Gasteiger partial charge in [-0.1, -0.05) is 18.5 Å². The van der Waals surface area contributed by atoms with Crippen LogP contribution in [0.15, 0.2) is 41.8 Å². The summed E-state index contributed by atoms with van der Waals surface area (Å²) in [5, 5.41) is 6.43. The number of thiazole rings is 1. The van der Waals surface area contributed by atoms with E-state index in [1.807, 2.05) is 37.4 Å². The normalized spacial score (nSPS) is 10.6. The van der Waals surface area contributed by atoms with Crippen molar-refractivity contribution >= 4 is 34.5 Å². The number of nitrogens with zero attached hydrogens (tertiary/aromatic N) is 1. The molecule has 0 unspecified atom stereocenters. The number of aryl methyl sites for hydroxylation is 2. The van der Waals surface area contributed by atoms with Gasteiger partial charge in [-0.15, -0.1) is 11.3 Å². The van der Waals surface area contributed by atoms with E-state index in [-0.39, 0.29) is 5.91 Å². The zero-order valence-corrected chi connectivity index (χ0v) is 16.4. The van der Waals surface area contributed by atoms with Crippen LogP contribution in [-0.4, -0.2) is 18.0 Å². The van der Waals surface area contributed by atoms with Crippen LogP contribution in [0.3, 0.4) is 0 Å². The van der Waals surface area contributed by atoms with Gasteiger partial charge in [-0.2, -0.15) is 0 Å². The highest BCUT2D eigenvalue weighted by atomic mass is 35.5. The van der Waals surface area contributed by atoms with E-state index in [1.165, 1.54) is 0 Å². The number of rotatable bonds is 5. The fourth-order valence-electron chi connectivity index (χ4n) is 2.70. The van der Waals surface area contributed by atoms with Gasteiger partial charge in [0.25, 0.3) is 5.91 Å². The Morgan fingerprint density at radius 2 is 2.08 bits per heavy atom. The van der Waals surface area contributed by atoms with Crippen LogP contribution in [0.4, 0.5) is 5.69 Å². The molecule has 0 bridgehead atoms. The van der Waals surface area contributed by atoms with Crippen molar-refractivity contribution in [2.24, 2.45) is 0 Å². The summed E-state index contributed by atoms with van der Waals surface area (Å²) in [5.41, 5.74) is 3.91. The van der Waals surface area contributed by atoms with Crippen LogP contribution >= 0.6 is 22.9 Å². The molecule has 1 amide bonds. The van der Waals surface area contributed by atoms with E-state index in [0.717, 1.165) is 34.0 Å². The molecule has 6 heteroatoms. The second kappa shape index (κ2) is 7.89. The van der Waals surface area contributed by atoms with Gasteiger partial charge < -0.3 is 10.1 Å². The number of carbonyl (C=O) groups is 1. The van der Waals surface area contributed by atoms with Gasteiger partial charge >= 0.3 is 0 Å². The average molecular weight is 387 g/mol. The molecule has 0 radical (unpaired) electrons. The maximum atomic E-state index is 12.7. The number of aromatic nitrogens is 1. The predicted molar refractivity (Wildman–Crippen MR) is 108 cm³/mol. The Hall–Kier alpha value is -2.37. The number of nitrogens with one attached hydrogen (secondary N) is 1. The number of carbonyl (C=O) groups excluding carboxylic acids is 1. The number of methoxy groups -OCH3 is 1. The number of hydrogen-bond acceptors (Lipinski definition) is 4. The molecule has 4 nitrogen and oxygen atoms in total. The molecule has 0 fully saturated rings. The van der Waals surface area contributed by atoms with Gasteiger partial charge in [0, 0.05) is 22.2 Å². The second-order valence-corrected chi connectivity index (χ2v) is 7.25. The van der Waals surface area contributed by atoms with Gasteiger partial charge in [0.15, 0.2) is 0 Å². The van der Waals surface area contributed by atoms with Gasteiger partial charge in [-0.3, -0.25) is 4.79 Å². The van der Waals surface area contributed by atoms with E-state index in [9.17, 15) is 4.79 Å². The molecule has 0 aliphatic rings. The summed E-state index contributed by atoms with van der Waals surface area (Å²) in [7, 11) is 1.61. The van der Waals surface area contributed by atoms with Gasteiger partial charge in [0.05, 0.1) is 22.8 Å². The van der Waals surface area contributed by atoms with Gasteiger partial charge in [-0.25, -0.2) is 4.98 Å². The van der Waals surface area contributed by atoms with Crippen molar-refractivity contribution in [2.75, 3.05) is 12.4 Å². The third kappa shape index (κ3) is 3.89. The largest absolute Gasteiger partial charge is 0.497 e. The van der Waals surface area contributed by atoms with Crippen LogP contribution in [0.5, 0.6) is 5.75 Å². The SMILES string of the molecule is CCc1cc(OC)ccc1C(=O)Nc1ccc(-c2csc(C)n2)c(Cl)c1. The summed E-state index contributed by atoms with van der Waals surface area (Å²) in [6, 6.07) is 10.9. The number of anilines is 1. The average Bonchev–Trinajstić information content (AvgIpc) is 3.07. The Morgan fingerprint density at radius 1 is 1.27 bits per heavy atom. The molecule has 0 atom stereocenters. The molecule has 3 rings (SSSR count). The summed E-state index contributed by atoms with van der Waals surface area (Å²) in [5.74, 6) is 0.571. The zero-order valence-electron chi connectivity index (χ0n) is 14.8. The van der Waals surface area contributed by atoms with Gasteiger partial charge in [0.2, 0.25) is 0 Å². The summed E-state index contributed by atoms with van der Waals surface area (Å²) in [4.78, 5) is 17.1. The van der Waals surface area contributed by atoms with E-state index in [0.29, 0.717) is 16.3 Å². The Balaban J connectivity index is 1.83. The number of ether oxygens (including phenoxy) is 1. The lowest BCUT2D eigenvalue weighted by molar-refractivity contribution is 0.102. The molecule has 3 aromatic rings. The number of benzene rings is 2. The smallest absolute Gasteiger partial charge is 0.255 e. The zero-order chi connectivity index (χ0) is 18.7. The Morgan fingerprint density at radius 3 is 2.69 bits per heavy atom. The summed E-state index contributed by atoms with van der Waals surface area (Å²) in [6.07, 6.45) is 0.739. The van der Waals surface area contributed by atoms with Crippen molar-refractivity contribution in [3.05, 3.63) is 62.9 Å². The predicted octanol–water partition coefficient (Wildman–Crippen LogP) is 5.60. The molecule has 0 aliphatic carbocycles. The number of hydrogen-bond donors (Lipinski definition) is 1. The van der Waals surface area contributed by atoms with Gasteiger partial charge in [-0.05, 0) is 55.3 Å². The van der Waals surface area contributed by atoms with E-state index in [2.05, 4.69) is 10.3 Å². The fourth-order valence-corrected chi connectivity index (χ4v) is 3.59. The molecule has 2 aromatic carbocycles. The molecule has 26 heavy (non-hydrogen) atoms. The third-order valence-corrected chi connectivity index (χ3v) is 5.15. The second-order valence-electron chi connectivity index (χ2n) is 5.78. The molecular weight excluding hydrogens is 368 g/mol. The lowest BCUT2D eigenvalue weighted by atomic mass is 10.0. The highest BCUT2D eigenvalue weighted by Gasteiger charge is 2.13. The van der Waals surface area contributed by atoms with E-state index in [1.54, 1.807) is 36.6 Å². The van der Waals surface area contributed by atoms with Crippen LogP contribution in [0, 0.1) is 6.92 Å². The highest BCUT2D eigenvalue weighted by Crippen LogP contribution is 2.31. The highest BCUT2D eigenvalue weighted by molar-refractivity contribution is 7.09. The lowest BCUT2D eigenvalue weighted by Crippen LogP contribution is -2.14. The molecule has 0 aliphatic heterocycles. The van der Waals surface area contributed by atoms with Crippen LogP contribution in [0.2, 0.25) is 5.02 Å². The van der Waals surface area contributed by atoms with E-state index < -0.39 is 0 Å². The monoisotopic (exact) mass is 386 g/mol.